The predicted octanol–water partition coefficient (Wildman–Crippen LogP) is 2.55. The Morgan fingerprint density at radius 3 is 2.72 bits per heavy atom. The summed E-state index contributed by atoms with van der Waals surface area (Å²) in [5.74, 6) is -1.50. The van der Waals surface area contributed by atoms with Crippen molar-refractivity contribution >= 4 is 22.7 Å². The second-order valence-electron chi connectivity index (χ2n) is 5.30. The lowest BCUT2D eigenvalue weighted by Crippen LogP contribution is -2.26. The Balaban J connectivity index is 1.53. The third-order valence-electron chi connectivity index (χ3n) is 3.56. The predicted molar refractivity (Wildman–Crippen MR) is 81.7 cm³/mol. The molecule has 0 saturated carbocycles. The van der Waals surface area contributed by atoms with Gasteiger partial charge in [-0.2, -0.15) is 0 Å². The van der Waals surface area contributed by atoms with Crippen LogP contribution in [0.2, 0.25) is 0 Å². The third kappa shape index (κ3) is 2.80. The Morgan fingerprint density at radius 1 is 1.12 bits per heavy atom. The molecule has 0 aliphatic carbocycles. The molecule has 0 unspecified atom stereocenters. The van der Waals surface area contributed by atoms with Crippen molar-refractivity contribution < 1.29 is 27.5 Å². The average molecular weight is 348 g/mol. The maximum absolute atomic E-state index is 13.0. The van der Waals surface area contributed by atoms with Crippen molar-refractivity contribution in [2.75, 3.05) is 5.32 Å². The molecule has 128 valence electrons. The molecule has 9 heteroatoms. The molecule has 3 aromatic rings. The van der Waals surface area contributed by atoms with Crippen LogP contribution < -0.4 is 20.5 Å². The van der Waals surface area contributed by atoms with Gasteiger partial charge in [0.25, 0.3) is 0 Å². The zero-order valence-electron chi connectivity index (χ0n) is 12.5. The van der Waals surface area contributed by atoms with E-state index in [-0.39, 0.29) is 23.7 Å². The number of hydrogen-bond donors (Lipinski definition) is 1. The highest BCUT2D eigenvalue weighted by atomic mass is 19.3. The highest BCUT2D eigenvalue weighted by Gasteiger charge is 2.43. The van der Waals surface area contributed by atoms with Gasteiger partial charge in [0.2, 0.25) is 5.91 Å². The number of halogens is 2. The van der Waals surface area contributed by atoms with Gasteiger partial charge in [0.15, 0.2) is 17.1 Å². The van der Waals surface area contributed by atoms with Crippen LogP contribution in [0.4, 0.5) is 14.5 Å². The molecular formula is C16H10F2N2O5. The molecule has 0 atom stereocenters. The number of nitrogens with one attached hydrogen (secondary N) is 1. The lowest BCUT2D eigenvalue weighted by Gasteiger charge is -2.06. The number of para-hydroxylation sites is 2. The highest BCUT2D eigenvalue weighted by Crippen LogP contribution is 2.42. The minimum absolute atomic E-state index is 0.125. The maximum atomic E-state index is 13.0. The zero-order chi connectivity index (χ0) is 17.6. The van der Waals surface area contributed by atoms with E-state index in [1.54, 1.807) is 24.3 Å². The van der Waals surface area contributed by atoms with E-state index in [1.807, 2.05) is 0 Å². The largest absolute Gasteiger partial charge is 0.586 e. The van der Waals surface area contributed by atoms with Crippen molar-refractivity contribution in [3.8, 4) is 11.5 Å². The van der Waals surface area contributed by atoms with E-state index < -0.39 is 18.0 Å². The second-order valence-corrected chi connectivity index (χ2v) is 5.30. The number of rotatable bonds is 3. The number of oxazole rings is 1. The fourth-order valence-electron chi connectivity index (χ4n) is 2.53. The van der Waals surface area contributed by atoms with Gasteiger partial charge in [-0.1, -0.05) is 12.1 Å². The number of ether oxygens (including phenoxy) is 2. The van der Waals surface area contributed by atoms with Crippen LogP contribution in [-0.2, 0) is 11.3 Å². The summed E-state index contributed by atoms with van der Waals surface area (Å²) >= 11 is 0. The lowest BCUT2D eigenvalue weighted by atomic mass is 10.2. The molecular weight excluding hydrogens is 338 g/mol. The first-order valence-corrected chi connectivity index (χ1v) is 7.19. The number of hydrogen-bond acceptors (Lipinski definition) is 5. The minimum Gasteiger partial charge on any atom is -0.408 e. The first-order valence-electron chi connectivity index (χ1n) is 7.19. The number of benzene rings is 2. The molecule has 1 amide bonds. The molecule has 0 radical (unpaired) electrons. The molecule has 0 saturated heterocycles. The maximum Gasteiger partial charge on any atom is 0.586 e. The number of alkyl halides is 2. The van der Waals surface area contributed by atoms with Gasteiger partial charge in [-0.05, 0) is 24.3 Å². The van der Waals surface area contributed by atoms with Gasteiger partial charge in [-0.3, -0.25) is 9.36 Å². The van der Waals surface area contributed by atoms with Crippen LogP contribution in [0.1, 0.15) is 0 Å². The van der Waals surface area contributed by atoms with Gasteiger partial charge in [-0.25, -0.2) is 4.79 Å². The SMILES string of the molecule is O=C(Cn1c(=O)oc2ccccc21)Nc1ccc2c(c1)OC(F)(F)O2. The normalized spacial score (nSPS) is 14.6. The number of fused-ring (bicyclic) bond motifs is 2. The summed E-state index contributed by atoms with van der Waals surface area (Å²) in [5.41, 5.74) is 1.07. The first kappa shape index (κ1) is 15.2. The summed E-state index contributed by atoms with van der Waals surface area (Å²) in [6.07, 6.45) is -3.73. The van der Waals surface area contributed by atoms with Gasteiger partial charge >= 0.3 is 12.1 Å². The molecule has 2 aromatic carbocycles. The summed E-state index contributed by atoms with van der Waals surface area (Å²) in [4.78, 5) is 24.0. The van der Waals surface area contributed by atoms with E-state index >= 15 is 0 Å². The summed E-state index contributed by atoms with van der Waals surface area (Å²) in [5, 5.41) is 2.51. The molecule has 2 heterocycles. The van der Waals surface area contributed by atoms with Crippen LogP contribution >= 0.6 is 0 Å². The molecule has 0 bridgehead atoms. The van der Waals surface area contributed by atoms with Crippen LogP contribution in [0.5, 0.6) is 11.5 Å². The van der Waals surface area contributed by atoms with Gasteiger partial charge < -0.3 is 19.2 Å². The standard InChI is InChI=1S/C16H10F2N2O5/c17-16(18)24-12-6-5-9(7-13(12)25-16)19-14(21)8-20-10-3-1-2-4-11(10)23-15(20)22/h1-7H,8H2,(H,19,21). The average Bonchev–Trinajstić information content (AvgIpc) is 3.02. The number of carbonyl (C=O) groups excluding carboxylic acids is 1. The van der Waals surface area contributed by atoms with E-state index in [1.165, 1.54) is 22.8 Å². The van der Waals surface area contributed by atoms with Crippen molar-refractivity contribution in [3.05, 3.63) is 53.0 Å². The van der Waals surface area contributed by atoms with E-state index in [2.05, 4.69) is 14.8 Å². The van der Waals surface area contributed by atoms with E-state index in [0.717, 1.165) is 0 Å². The second kappa shape index (κ2) is 5.33. The summed E-state index contributed by atoms with van der Waals surface area (Å²) in [6.45, 7) is -0.291. The van der Waals surface area contributed by atoms with E-state index in [4.69, 9.17) is 4.42 Å². The summed E-state index contributed by atoms with van der Waals surface area (Å²) < 4.78 is 40.8. The molecule has 1 aliphatic heterocycles. The molecule has 25 heavy (non-hydrogen) atoms. The molecule has 4 rings (SSSR count). The lowest BCUT2D eigenvalue weighted by molar-refractivity contribution is -0.286. The smallest absolute Gasteiger partial charge is 0.408 e. The van der Waals surface area contributed by atoms with E-state index in [0.29, 0.717) is 11.1 Å². The van der Waals surface area contributed by atoms with Crippen LogP contribution in [-0.4, -0.2) is 16.8 Å². The Labute approximate surface area is 138 Å². The van der Waals surface area contributed by atoms with Gasteiger partial charge in [0.1, 0.15) is 6.54 Å². The number of amides is 1. The van der Waals surface area contributed by atoms with Crippen LogP contribution in [0.25, 0.3) is 11.1 Å². The van der Waals surface area contributed by atoms with Crippen LogP contribution in [0, 0.1) is 0 Å². The van der Waals surface area contributed by atoms with Crippen molar-refractivity contribution in [1.29, 1.82) is 0 Å². The Morgan fingerprint density at radius 2 is 1.88 bits per heavy atom. The number of aromatic nitrogens is 1. The fourth-order valence-corrected chi connectivity index (χ4v) is 2.53. The first-order chi connectivity index (χ1) is 11.9. The van der Waals surface area contributed by atoms with Crippen molar-refractivity contribution in [3.63, 3.8) is 0 Å². The number of anilines is 1. The van der Waals surface area contributed by atoms with E-state index in [9.17, 15) is 18.4 Å². The quantitative estimate of drug-likeness (QED) is 0.787. The zero-order valence-corrected chi connectivity index (χ0v) is 12.5. The molecule has 1 aliphatic rings. The molecule has 1 N–H and O–H groups in total. The summed E-state index contributed by atoms with van der Waals surface area (Å²) in [6, 6.07) is 10.5. The van der Waals surface area contributed by atoms with Crippen molar-refractivity contribution in [1.82, 2.24) is 4.57 Å². The van der Waals surface area contributed by atoms with Crippen LogP contribution in [0.3, 0.4) is 0 Å². The minimum atomic E-state index is -3.73. The Kier molecular flexibility index (Phi) is 3.24. The van der Waals surface area contributed by atoms with Gasteiger partial charge in [0.05, 0.1) is 5.52 Å². The van der Waals surface area contributed by atoms with Gasteiger partial charge in [-0.15, -0.1) is 8.78 Å². The van der Waals surface area contributed by atoms with Crippen molar-refractivity contribution in [2.24, 2.45) is 0 Å². The molecule has 7 nitrogen and oxygen atoms in total. The van der Waals surface area contributed by atoms with Crippen LogP contribution in [0.15, 0.2) is 51.7 Å². The monoisotopic (exact) mass is 348 g/mol. The third-order valence-corrected chi connectivity index (χ3v) is 3.56. The molecule has 0 fully saturated rings. The Hall–Kier alpha value is -3.36. The topological polar surface area (TPSA) is 82.7 Å². The summed E-state index contributed by atoms with van der Waals surface area (Å²) in [7, 11) is 0. The Bertz CT molecular complexity index is 1040. The number of nitrogens with zero attached hydrogens (tertiary/aromatic N) is 1. The van der Waals surface area contributed by atoms with Crippen molar-refractivity contribution in [2.45, 2.75) is 12.8 Å². The molecule has 1 aromatic heterocycles. The number of carbonyl (C=O) groups is 1. The highest BCUT2D eigenvalue weighted by molar-refractivity contribution is 5.91. The molecule has 0 spiro atoms. The fraction of sp³-hybridized carbons (Fsp3) is 0.125. The van der Waals surface area contributed by atoms with Gasteiger partial charge in [0, 0.05) is 11.8 Å².